The first kappa shape index (κ1) is 11.9. The Labute approximate surface area is 102 Å². The molecule has 0 spiro atoms. The monoisotopic (exact) mass is 239 g/mol. The minimum absolute atomic E-state index is 0.173. The molecule has 1 fully saturated rings. The Morgan fingerprint density at radius 1 is 1.50 bits per heavy atom. The van der Waals surface area contributed by atoms with Crippen molar-refractivity contribution in [2.75, 3.05) is 11.9 Å². The lowest BCUT2D eigenvalue weighted by Gasteiger charge is -2.19. The van der Waals surface area contributed by atoms with Gasteiger partial charge in [-0.15, -0.1) is 11.3 Å². The predicted molar refractivity (Wildman–Crippen MR) is 70.1 cm³/mol. The maximum atomic E-state index is 4.48. The van der Waals surface area contributed by atoms with E-state index in [1.807, 2.05) is 6.20 Å². The van der Waals surface area contributed by atoms with Crippen molar-refractivity contribution < 1.29 is 0 Å². The van der Waals surface area contributed by atoms with Crippen molar-refractivity contribution >= 4 is 16.5 Å². The van der Waals surface area contributed by atoms with E-state index < -0.39 is 0 Å². The van der Waals surface area contributed by atoms with Crippen molar-refractivity contribution in [3.63, 3.8) is 0 Å². The van der Waals surface area contributed by atoms with Gasteiger partial charge in [0.2, 0.25) is 0 Å². The highest BCUT2D eigenvalue weighted by Crippen LogP contribution is 2.32. The lowest BCUT2D eigenvalue weighted by molar-refractivity contribution is 0.426. The molecule has 0 atom stereocenters. The Bertz CT molecular complexity index is 349. The first-order valence-electron chi connectivity index (χ1n) is 5.88. The van der Waals surface area contributed by atoms with E-state index in [1.54, 1.807) is 11.3 Å². The maximum absolute atomic E-state index is 4.48. The lowest BCUT2D eigenvalue weighted by Crippen LogP contribution is -2.34. The molecule has 16 heavy (non-hydrogen) atoms. The zero-order chi connectivity index (χ0) is 11.8. The van der Waals surface area contributed by atoms with Crippen LogP contribution in [-0.2, 0) is 6.54 Å². The minimum atomic E-state index is 0.173. The van der Waals surface area contributed by atoms with Crippen molar-refractivity contribution in [3.05, 3.63) is 11.1 Å². The van der Waals surface area contributed by atoms with Crippen LogP contribution in [0.1, 0.15) is 38.5 Å². The van der Waals surface area contributed by atoms with Crippen molar-refractivity contribution in [1.82, 2.24) is 10.3 Å². The Morgan fingerprint density at radius 3 is 2.75 bits per heavy atom. The van der Waals surface area contributed by atoms with E-state index in [0.29, 0.717) is 0 Å². The van der Waals surface area contributed by atoms with Crippen LogP contribution >= 0.6 is 11.3 Å². The second-order valence-electron chi connectivity index (χ2n) is 5.55. The summed E-state index contributed by atoms with van der Waals surface area (Å²) in [5, 5.41) is 4.65. The molecular weight excluding hydrogens is 218 g/mol. The molecule has 1 aliphatic carbocycles. The van der Waals surface area contributed by atoms with Gasteiger partial charge in [0.05, 0.1) is 0 Å². The van der Waals surface area contributed by atoms with Crippen molar-refractivity contribution in [1.29, 1.82) is 0 Å². The highest BCUT2D eigenvalue weighted by molar-refractivity contribution is 7.15. The number of hydrogen-bond acceptors (Lipinski definition) is 4. The van der Waals surface area contributed by atoms with E-state index in [9.17, 15) is 0 Å². The zero-order valence-electron chi connectivity index (χ0n) is 10.6. The van der Waals surface area contributed by atoms with Crippen LogP contribution in [0.5, 0.6) is 0 Å². The first-order valence-corrected chi connectivity index (χ1v) is 6.70. The molecule has 0 aromatic carbocycles. The third-order valence-corrected chi connectivity index (χ3v) is 3.82. The van der Waals surface area contributed by atoms with Gasteiger partial charge in [-0.25, -0.2) is 4.98 Å². The Kier molecular flexibility index (Phi) is 3.22. The Morgan fingerprint density at radius 2 is 2.19 bits per heavy atom. The number of hydrogen-bond donors (Lipinski definition) is 1. The highest BCUT2D eigenvalue weighted by Gasteiger charge is 2.27. The van der Waals surface area contributed by atoms with Crippen LogP contribution in [0.2, 0.25) is 0 Å². The number of anilines is 1. The second-order valence-corrected chi connectivity index (χ2v) is 6.65. The standard InChI is InChI=1S/C12H21N3S/c1-12(2,3)14-8-10-7-13-11(16-10)15(4)9-5-6-9/h7,9,14H,5-6,8H2,1-4H3. The summed E-state index contributed by atoms with van der Waals surface area (Å²) in [5.41, 5.74) is 0.173. The van der Waals surface area contributed by atoms with Gasteiger partial charge in [0.25, 0.3) is 0 Å². The summed E-state index contributed by atoms with van der Waals surface area (Å²) in [4.78, 5) is 8.11. The molecule has 1 aliphatic rings. The van der Waals surface area contributed by atoms with Gasteiger partial charge >= 0.3 is 0 Å². The van der Waals surface area contributed by atoms with Gasteiger partial charge in [0.15, 0.2) is 5.13 Å². The fourth-order valence-corrected chi connectivity index (χ4v) is 2.39. The number of nitrogens with zero attached hydrogens (tertiary/aromatic N) is 2. The molecule has 0 aliphatic heterocycles. The summed E-state index contributed by atoms with van der Waals surface area (Å²) >= 11 is 1.80. The molecule has 3 nitrogen and oxygen atoms in total. The van der Waals surface area contributed by atoms with Gasteiger partial charge in [0.1, 0.15) is 0 Å². The van der Waals surface area contributed by atoms with E-state index in [1.165, 1.54) is 17.7 Å². The Balaban J connectivity index is 1.91. The molecule has 90 valence electrons. The normalized spacial score (nSPS) is 16.5. The molecular formula is C12H21N3S. The lowest BCUT2D eigenvalue weighted by atomic mass is 10.1. The third-order valence-electron chi connectivity index (χ3n) is 2.73. The number of nitrogens with one attached hydrogen (secondary N) is 1. The SMILES string of the molecule is CN(c1ncc(CNC(C)(C)C)s1)C1CC1. The molecule has 2 rings (SSSR count). The van der Waals surface area contributed by atoms with E-state index in [2.05, 4.69) is 43.0 Å². The average molecular weight is 239 g/mol. The molecule has 1 saturated carbocycles. The summed E-state index contributed by atoms with van der Waals surface area (Å²) in [6.45, 7) is 7.47. The van der Waals surface area contributed by atoms with E-state index in [-0.39, 0.29) is 5.54 Å². The Hall–Kier alpha value is -0.610. The van der Waals surface area contributed by atoms with E-state index >= 15 is 0 Å². The quantitative estimate of drug-likeness (QED) is 0.875. The van der Waals surface area contributed by atoms with Gasteiger partial charge in [-0.1, -0.05) is 0 Å². The van der Waals surface area contributed by atoms with Gasteiger partial charge in [-0.3, -0.25) is 0 Å². The minimum Gasteiger partial charge on any atom is -0.348 e. The molecule has 4 heteroatoms. The van der Waals surface area contributed by atoms with Gasteiger partial charge in [-0.05, 0) is 33.6 Å². The van der Waals surface area contributed by atoms with Crippen LogP contribution in [0.25, 0.3) is 0 Å². The smallest absolute Gasteiger partial charge is 0.185 e. The predicted octanol–water partition coefficient (Wildman–Crippen LogP) is 2.63. The van der Waals surface area contributed by atoms with Crippen LogP contribution < -0.4 is 10.2 Å². The van der Waals surface area contributed by atoms with Crippen LogP contribution in [0.15, 0.2) is 6.20 Å². The topological polar surface area (TPSA) is 28.2 Å². The zero-order valence-corrected chi connectivity index (χ0v) is 11.4. The molecule has 0 saturated heterocycles. The van der Waals surface area contributed by atoms with E-state index in [0.717, 1.165) is 17.7 Å². The number of aromatic nitrogens is 1. The fraction of sp³-hybridized carbons (Fsp3) is 0.750. The molecule has 0 radical (unpaired) electrons. The fourth-order valence-electron chi connectivity index (χ4n) is 1.51. The maximum Gasteiger partial charge on any atom is 0.185 e. The van der Waals surface area contributed by atoms with Crippen molar-refractivity contribution in [2.24, 2.45) is 0 Å². The number of rotatable bonds is 4. The second kappa shape index (κ2) is 4.34. The van der Waals surface area contributed by atoms with Crippen molar-refractivity contribution in [3.8, 4) is 0 Å². The van der Waals surface area contributed by atoms with Gasteiger partial charge in [-0.2, -0.15) is 0 Å². The summed E-state index contributed by atoms with van der Waals surface area (Å²) in [6, 6.07) is 0.745. The number of thiazole rings is 1. The van der Waals surface area contributed by atoms with Crippen LogP contribution in [0, 0.1) is 0 Å². The van der Waals surface area contributed by atoms with Crippen molar-refractivity contribution in [2.45, 2.75) is 51.7 Å². The first-order chi connectivity index (χ1) is 7.46. The van der Waals surface area contributed by atoms with Crippen LogP contribution in [0.4, 0.5) is 5.13 Å². The molecule has 0 bridgehead atoms. The summed E-state index contributed by atoms with van der Waals surface area (Å²) < 4.78 is 0. The molecule has 1 aromatic rings. The molecule has 1 N–H and O–H groups in total. The summed E-state index contributed by atoms with van der Waals surface area (Å²) in [6.07, 6.45) is 4.65. The third kappa shape index (κ3) is 3.19. The van der Waals surface area contributed by atoms with Gasteiger partial charge in [0, 0.05) is 36.2 Å². The van der Waals surface area contributed by atoms with E-state index in [4.69, 9.17) is 0 Å². The summed E-state index contributed by atoms with van der Waals surface area (Å²) in [7, 11) is 2.15. The highest BCUT2D eigenvalue weighted by atomic mass is 32.1. The van der Waals surface area contributed by atoms with Gasteiger partial charge < -0.3 is 10.2 Å². The molecule has 0 amide bonds. The largest absolute Gasteiger partial charge is 0.348 e. The van der Waals surface area contributed by atoms with Crippen LogP contribution in [-0.4, -0.2) is 23.6 Å². The molecule has 1 heterocycles. The molecule has 1 aromatic heterocycles. The van der Waals surface area contributed by atoms with Crippen LogP contribution in [0.3, 0.4) is 0 Å². The summed E-state index contributed by atoms with van der Waals surface area (Å²) in [5.74, 6) is 0. The average Bonchev–Trinajstić information content (AvgIpc) is 2.92. The molecule has 0 unspecified atom stereocenters.